The van der Waals surface area contributed by atoms with E-state index in [2.05, 4.69) is 6.58 Å². The molecule has 0 aliphatic heterocycles. The summed E-state index contributed by atoms with van der Waals surface area (Å²) >= 11 is 0. The number of aliphatic hydroxyl groups is 1. The van der Waals surface area contributed by atoms with Crippen LogP contribution in [0.5, 0.6) is 5.75 Å². The Morgan fingerprint density at radius 3 is 2.78 bits per heavy atom. The van der Waals surface area contributed by atoms with E-state index >= 15 is 0 Å². The molecule has 0 aliphatic carbocycles. The number of hydrogen-bond donors (Lipinski definition) is 1. The molecule has 0 saturated carbocycles. The SMILES string of the molecule is C=CC(=O)OCC(O)CCCOc1ccccc1. The summed E-state index contributed by atoms with van der Waals surface area (Å²) in [7, 11) is 0. The van der Waals surface area contributed by atoms with Crippen LogP contribution in [-0.2, 0) is 9.53 Å². The summed E-state index contributed by atoms with van der Waals surface area (Å²) in [6.07, 6.45) is 1.64. The standard InChI is InChI=1S/C14H18O4/c1-2-14(16)18-11-12(15)7-6-10-17-13-8-4-3-5-9-13/h2-5,8-9,12,15H,1,6-7,10-11H2. The molecule has 0 aliphatic rings. The Kier molecular flexibility index (Phi) is 6.58. The number of esters is 1. The first-order valence-corrected chi connectivity index (χ1v) is 5.87. The van der Waals surface area contributed by atoms with E-state index in [9.17, 15) is 9.90 Å². The lowest BCUT2D eigenvalue weighted by Crippen LogP contribution is -2.18. The van der Waals surface area contributed by atoms with Crippen LogP contribution >= 0.6 is 0 Å². The summed E-state index contributed by atoms with van der Waals surface area (Å²) in [5.41, 5.74) is 0. The molecule has 0 radical (unpaired) electrons. The van der Waals surface area contributed by atoms with Crippen LogP contribution in [0.2, 0.25) is 0 Å². The van der Waals surface area contributed by atoms with Gasteiger partial charge in [0.25, 0.3) is 0 Å². The molecule has 4 heteroatoms. The maximum Gasteiger partial charge on any atom is 0.330 e. The van der Waals surface area contributed by atoms with Gasteiger partial charge in [0.05, 0.1) is 12.7 Å². The monoisotopic (exact) mass is 250 g/mol. The fraction of sp³-hybridized carbons (Fsp3) is 0.357. The topological polar surface area (TPSA) is 55.8 Å². The second-order valence-electron chi connectivity index (χ2n) is 3.79. The van der Waals surface area contributed by atoms with E-state index in [1.807, 2.05) is 30.3 Å². The van der Waals surface area contributed by atoms with Gasteiger partial charge in [-0.1, -0.05) is 24.8 Å². The minimum absolute atomic E-state index is 0.00378. The van der Waals surface area contributed by atoms with Crippen LogP contribution < -0.4 is 4.74 Å². The molecular weight excluding hydrogens is 232 g/mol. The van der Waals surface area contributed by atoms with E-state index < -0.39 is 12.1 Å². The Hall–Kier alpha value is -1.81. The smallest absolute Gasteiger partial charge is 0.330 e. The summed E-state index contributed by atoms with van der Waals surface area (Å²) in [6, 6.07) is 9.48. The van der Waals surface area contributed by atoms with Crippen LogP contribution in [0.4, 0.5) is 0 Å². The van der Waals surface area contributed by atoms with Crippen molar-refractivity contribution < 1.29 is 19.4 Å². The van der Waals surface area contributed by atoms with Gasteiger partial charge in [-0.05, 0) is 25.0 Å². The van der Waals surface area contributed by atoms with Gasteiger partial charge in [-0.15, -0.1) is 0 Å². The van der Waals surface area contributed by atoms with Gasteiger partial charge < -0.3 is 14.6 Å². The van der Waals surface area contributed by atoms with Gasteiger partial charge in [0, 0.05) is 6.08 Å². The predicted octanol–water partition coefficient (Wildman–Crippen LogP) is 1.94. The van der Waals surface area contributed by atoms with Gasteiger partial charge in [0.1, 0.15) is 12.4 Å². The largest absolute Gasteiger partial charge is 0.494 e. The first kappa shape index (κ1) is 14.3. The number of carbonyl (C=O) groups is 1. The summed E-state index contributed by atoms with van der Waals surface area (Å²) in [5.74, 6) is 0.291. The van der Waals surface area contributed by atoms with Crippen molar-refractivity contribution in [3.63, 3.8) is 0 Å². The second-order valence-corrected chi connectivity index (χ2v) is 3.79. The van der Waals surface area contributed by atoms with Crippen LogP contribution in [0.1, 0.15) is 12.8 Å². The molecule has 0 heterocycles. The van der Waals surface area contributed by atoms with Crippen molar-refractivity contribution in [2.24, 2.45) is 0 Å². The maximum atomic E-state index is 10.8. The van der Waals surface area contributed by atoms with Gasteiger partial charge in [-0.25, -0.2) is 4.79 Å². The molecule has 0 amide bonds. The summed E-state index contributed by atoms with van der Waals surface area (Å²) in [6.45, 7) is 3.79. The van der Waals surface area contributed by atoms with Gasteiger partial charge in [0.15, 0.2) is 0 Å². The number of para-hydroxylation sites is 1. The van der Waals surface area contributed by atoms with E-state index in [1.54, 1.807) is 0 Å². The van der Waals surface area contributed by atoms with Crippen molar-refractivity contribution in [1.29, 1.82) is 0 Å². The number of ether oxygens (including phenoxy) is 2. The molecule has 18 heavy (non-hydrogen) atoms. The van der Waals surface area contributed by atoms with Crippen molar-refractivity contribution in [2.45, 2.75) is 18.9 Å². The van der Waals surface area contributed by atoms with Gasteiger partial charge >= 0.3 is 5.97 Å². The lowest BCUT2D eigenvalue weighted by atomic mass is 10.2. The van der Waals surface area contributed by atoms with Crippen LogP contribution in [0.25, 0.3) is 0 Å². The van der Waals surface area contributed by atoms with Crippen molar-refractivity contribution >= 4 is 5.97 Å². The number of carbonyl (C=O) groups excluding carboxylic acids is 1. The van der Waals surface area contributed by atoms with Crippen LogP contribution in [0.3, 0.4) is 0 Å². The van der Waals surface area contributed by atoms with E-state index in [0.717, 1.165) is 11.8 Å². The molecule has 1 aromatic rings. The highest BCUT2D eigenvalue weighted by molar-refractivity contribution is 5.81. The molecule has 1 rings (SSSR count). The van der Waals surface area contributed by atoms with Crippen molar-refractivity contribution in [3.05, 3.63) is 43.0 Å². The first-order chi connectivity index (χ1) is 8.72. The second kappa shape index (κ2) is 8.31. The fourth-order valence-electron chi connectivity index (χ4n) is 1.35. The van der Waals surface area contributed by atoms with Gasteiger partial charge in [-0.3, -0.25) is 0 Å². The van der Waals surface area contributed by atoms with Crippen molar-refractivity contribution in [1.82, 2.24) is 0 Å². The molecule has 1 atom stereocenters. The first-order valence-electron chi connectivity index (χ1n) is 5.87. The molecule has 0 spiro atoms. The van der Waals surface area contributed by atoms with Crippen molar-refractivity contribution in [2.75, 3.05) is 13.2 Å². The highest BCUT2D eigenvalue weighted by Crippen LogP contribution is 2.09. The minimum Gasteiger partial charge on any atom is -0.494 e. The van der Waals surface area contributed by atoms with Crippen molar-refractivity contribution in [3.8, 4) is 5.75 Å². The predicted molar refractivity (Wildman–Crippen MR) is 68.3 cm³/mol. The molecule has 1 aromatic carbocycles. The number of rotatable bonds is 8. The Morgan fingerprint density at radius 1 is 1.39 bits per heavy atom. The number of benzene rings is 1. The third-order valence-electron chi connectivity index (χ3n) is 2.28. The molecule has 1 unspecified atom stereocenters. The zero-order valence-electron chi connectivity index (χ0n) is 10.2. The Labute approximate surface area is 107 Å². The minimum atomic E-state index is -0.659. The number of hydrogen-bond acceptors (Lipinski definition) is 4. The highest BCUT2D eigenvalue weighted by Gasteiger charge is 2.06. The van der Waals surface area contributed by atoms with Crippen LogP contribution in [-0.4, -0.2) is 30.4 Å². The Bertz CT molecular complexity index is 361. The lowest BCUT2D eigenvalue weighted by Gasteiger charge is -2.11. The van der Waals surface area contributed by atoms with Gasteiger partial charge in [-0.2, -0.15) is 0 Å². The summed E-state index contributed by atoms with van der Waals surface area (Å²) in [4.78, 5) is 10.8. The summed E-state index contributed by atoms with van der Waals surface area (Å²) in [5, 5.41) is 9.52. The van der Waals surface area contributed by atoms with E-state index in [1.165, 1.54) is 0 Å². The van der Waals surface area contributed by atoms with E-state index in [4.69, 9.17) is 9.47 Å². The van der Waals surface area contributed by atoms with E-state index in [0.29, 0.717) is 19.4 Å². The van der Waals surface area contributed by atoms with Crippen LogP contribution in [0, 0.1) is 0 Å². The van der Waals surface area contributed by atoms with E-state index in [-0.39, 0.29) is 6.61 Å². The Balaban J connectivity index is 2.07. The Morgan fingerprint density at radius 2 is 2.11 bits per heavy atom. The molecule has 1 N–H and O–H groups in total. The fourth-order valence-corrected chi connectivity index (χ4v) is 1.35. The normalized spacial score (nSPS) is 11.6. The molecule has 0 bridgehead atoms. The molecule has 0 fully saturated rings. The molecule has 0 saturated heterocycles. The maximum absolute atomic E-state index is 10.8. The average molecular weight is 250 g/mol. The third-order valence-corrected chi connectivity index (χ3v) is 2.28. The molecule has 98 valence electrons. The summed E-state index contributed by atoms with van der Waals surface area (Å²) < 4.78 is 10.2. The lowest BCUT2D eigenvalue weighted by molar-refractivity contribution is -0.140. The molecule has 0 aromatic heterocycles. The average Bonchev–Trinajstić information content (AvgIpc) is 2.42. The quantitative estimate of drug-likeness (QED) is 0.435. The molecular formula is C14H18O4. The highest BCUT2D eigenvalue weighted by atomic mass is 16.5. The molecule has 4 nitrogen and oxygen atoms in total. The van der Waals surface area contributed by atoms with Gasteiger partial charge in [0.2, 0.25) is 0 Å². The zero-order chi connectivity index (χ0) is 13.2. The number of aliphatic hydroxyl groups excluding tert-OH is 1. The third kappa shape index (κ3) is 6.06. The van der Waals surface area contributed by atoms with Crippen LogP contribution in [0.15, 0.2) is 43.0 Å². The zero-order valence-corrected chi connectivity index (χ0v) is 10.2.